The van der Waals surface area contributed by atoms with E-state index in [1.54, 1.807) is 60.8 Å². The maximum atomic E-state index is 12.9. The molecule has 1 heterocycles. The van der Waals surface area contributed by atoms with Crippen LogP contribution in [0.25, 0.3) is 11.1 Å². The largest absolute Gasteiger partial charge is 0.416 e. The number of hydrogen-bond acceptors (Lipinski definition) is 4. The van der Waals surface area contributed by atoms with Crippen molar-refractivity contribution in [3.05, 3.63) is 108 Å². The van der Waals surface area contributed by atoms with Gasteiger partial charge in [-0.1, -0.05) is 30.3 Å². The number of carbonyl (C=O) groups is 2. The molecular weight excluding hydrogens is 457 g/mol. The van der Waals surface area contributed by atoms with E-state index < -0.39 is 17.6 Å². The van der Waals surface area contributed by atoms with Gasteiger partial charge in [-0.2, -0.15) is 13.2 Å². The lowest BCUT2D eigenvalue weighted by atomic mass is 9.98. The summed E-state index contributed by atoms with van der Waals surface area (Å²) in [7, 11) is 0. The van der Waals surface area contributed by atoms with E-state index >= 15 is 0 Å². The first-order chi connectivity index (χ1) is 16.8. The van der Waals surface area contributed by atoms with Gasteiger partial charge in [-0.15, -0.1) is 0 Å². The van der Waals surface area contributed by atoms with Crippen LogP contribution >= 0.6 is 0 Å². The number of halogens is 3. The fraction of sp³-hybridized carbons (Fsp3) is 0.0769. The second kappa shape index (κ2) is 10.2. The summed E-state index contributed by atoms with van der Waals surface area (Å²) in [5.74, 6) is -0.660. The van der Waals surface area contributed by atoms with E-state index in [0.717, 1.165) is 12.1 Å². The summed E-state index contributed by atoms with van der Waals surface area (Å²) >= 11 is 0. The van der Waals surface area contributed by atoms with Crippen molar-refractivity contribution in [1.82, 2.24) is 9.97 Å². The molecule has 0 fully saturated rings. The maximum Gasteiger partial charge on any atom is 0.416 e. The molecule has 0 unspecified atom stereocenters. The summed E-state index contributed by atoms with van der Waals surface area (Å²) in [6.07, 6.45) is -1.41. The SMILES string of the molecule is O=C(Cc1ccncn1)Nc1ccc(NC(=O)c2ccccc2-c2ccc(C(F)(F)F)cc2)cc1. The Balaban J connectivity index is 1.43. The summed E-state index contributed by atoms with van der Waals surface area (Å²) in [4.78, 5) is 32.9. The fourth-order valence-corrected chi connectivity index (χ4v) is 3.40. The molecule has 3 aromatic carbocycles. The Kier molecular flexibility index (Phi) is 6.86. The molecule has 4 aromatic rings. The normalized spacial score (nSPS) is 11.1. The Bertz CT molecular complexity index is 1320. The van der Waals surface area contributed by atoms with Crippen LogP contribution in [0.5, 0.6) is 0 Å². The van der Waals surface area contributed by atoms with Crippen molar-refractivity contribution in [2.75, 3.05) is 10.6 Å². The zero-order valence-electron chi connectivity index (χ0n) is 18.2. The van der Waals surface area contributed by atoms with Crippen LogP contribution < -0.4 is 10.6 Å². The van der Waals surface area contributed by atoms with E-state index in [0.29, 0.717) is 33.8 Å². The van der Waals surface area contributed by atoms with E-state index in [9.17, 15) is 22.8 Å². The molecule has 4 rings (SSSR count). The first-order valence-electron chi connectivity index (χ1n) is 10.5. The third-order valence-electron chi connectivity index (χ3n) is 5.11. The zero-order chi connectivity index (χ0) is 24.8. The number of alkyl halides is 3. The van der Waals surface area contributed by atoms with Crippen LogP contribution in [0.1, 0.15) is 21.6 Å². The number of anilines is 2. The fourth-order valence-electron chi connectivity index (χ4n) is 3.40. The van der Waals surface area contributed by atoms with Gasteiger partial charge in [-0.25, -0.2) is 9.97 Å². The molecule has 0 bridgehead atoms. The summed E-state index contributed by atoms with van der Waals surface area (Å²) < 4.78 is 38.6. The van der Waals surface area contributed by atoms with Crippen molar-refractivity contribution in [3.8, 4) is 11.1 Å². The molecular formula is C26H19F3N4O2. The van der Waals surface area contributed by atoms with Crippen molar-refractivity contribution in [1.29, 1.82) is 0 Å². The van der Waals surface area contributed by atoms with Gasteiger partial charge in [0, 0.05) is 23.1 Å². The first kappa shape index (κ1) is 23.6. The van der Waals surface area contributed by atoms with Crippen molar-refractivity contribution < 1.29 is 22.8 Å². The predicted octanol–water partition coefficient (Wildman–Crippen LogP) is 5.60. The topological polar surface area (TPSA) is 84.0 Å². The van der Waals surface area contributed by atoms with Crippen LogP contribution in [0.2, 0.25) is 0 Å². The molecule has 1 aromatic heterocycles. The minimum Gasteiger partial charge on any atom is -0.326 e. The molecule has 0 aliphatic heterocycles. The Morgan fingerprint density at radius 3 is 2.09 bits per heavy atom. The minimum absolute atomic E-state index is 0.0989. The average molecular weight is 476 g/mol. The van der Waals surface area contributed by atoms with Crippen LogP contribution in [0.4, 0.5) is 24.5 Å². The Labute approximate surface area is 198 Å². The number of nitrogens with zero attached hydrogens (tertiary/aromatic N) is 2. The second-order valence-electron chi connectivity index (χ2n) is 7.58. The molecule has 35 heavy (non-hydrogen) atoms. The molecule has 0 saturated carbocycles. The van der Waals surface area contributed by atoms with Crippen molar-refractivity contribution >= 4 is 23.2 Å². The van der Waals surface area contributed by atoms with Crippen LogP contribution in [0.3, 0.4) is 0 Å². The van der Waals surface area contributed by atoms with Crippen LogP contribution in [0.15, 0.2) is 91.4 Å². The lowest BCUT2D eigenvalue weighted by Crippen LogP contribution is -2.15. The first-order valence-corrected chi connectivity index (χ1v) is 10.5. The number of hydrogen-bond donors (Lipinski definition) is 2. The van der Waals surface area contributed by atoms with Crippen LogP contribution in [-0.4, -0.2) is 21.8 Å². The van der Waals surface area contributed by atoms with Crippen LogP contribution in [0, 0.1) is 0 Å². The van der Waals surface area contributed by atoms with Gasteiger partial charge in [0.15, 0.2) is 0 Å². The van der Waals surface area contributed by atoms with Gasteiger partial charge in [0.2, 0.25) is 5.91 Å². The van der Waals surface area contributed by atoms with Gasteiger partial charge < -0.3 is 10.6 Å². The second-order valence-corrected chi connectivity index (χ2v) is 7.58. The van der Waals surface area contributed by atoms with Crippen LogP contribution in [-0.2, 0) is 17.4 Å². The highest BCUT2D eigenvalue weighted by atomic mass is 19.4. The summed E-state index contributed by atoms with van der Waals surface area (Å²) in [6.45, 7) is 0. The molecule has 9 heteroatoms. The van der Waals surface area contributed by atoms with E-state index in [2.05, 4.69) is 20.6 Å². The quantitative estimate of drug-likeness (QED) is 0.380. The van der Waals surface area contributed by atoms with E-state index in [4.69, 9.17) is 0 Å². The standard InChI is InChI=1S/C26H19F3N4O2/c27-26(28,29)18-7-5-17(6-8-18)22-3-1-2-4-23(22)25(35)33-20-11-9-19(10-12-20)32-24(34)15-21-13-14-30-16-31-21/h1-14,16H,15H2,(H,32,34)(H,33,35). The summed E-state index contributed by atoms with van der Waals surface area (Å²) in [6, 6.07) is 19.5. The number of rotatable bonds is 6. The molecule has 0 aliphatic rings. The van der Waals surface area contributed by atoms with Gasteiger partial charge in [0.1, 0.15) is 6.33 Å². The minimum atomic E-state index is -4.43. The highest BCUT2D eigenvalue weighted by Crippen LogP contribution is 2.32. The number of benzene rings is 3. The van der Waals surface area contributed by atoms with Gasteiger partial charge in [0.25, 0.3) is 5.91 Å². The van der Waals surface area contributed by atoms with Gasteiger partial charge in [-0.3, -0.25) is 9.59 Å². The molecule has 6 nitrogen and oxygen atoms in total. The monoisotopic (exact) mass is 476 g/mol. The molecule has 0 aliphatic carbocycles. The molecule has 0 saturated heterocycles. The third kappa shape index (κ3) is 6.08. The van der Waals surface area contributed by atoms with E-state index in [-0.39, 0.29) is 12.3 Å². The molecule has 0 spiro atoms. The number of amides is 2. The zero-order valence-corrected chi connectivity index (χ0v) is 18.2. The highest BCUT2D eigenvalue weighted by molar-refractivity contribution is 6.08. The third-order valence-corrected chi connectivity index (χ3v) is 5.11. The molecule has 176 valence electrons. The Hall–Kier alpha value is -4.53. The molecule has 0 atom stereocenters. The number of nitrogens with one attached hydrogen (secondary N) is 2. The lowest BCUT2D eigenvalue weighted by molar-refractivity contribution is -0.137. The summed E-state index contributed by atoms with van der Waals surface area (Å²) in [5, 5.41) is 5.53. The van der Waals surface area contributed by atoms with E-state index in [1.807, 2.05) is 0 Å². The number of carbonyl (C=O) groups excluding carboxylic acids is 2. The molecule has 2 amide bonds. The average Bonchev–Trinajstić information content (AvgIpc) is 2.85. The van der Waals surface area contributed by atoms with Crippen molar-refractivity contribution in [2.45, 2.75) is 12.6 Å². The maximum absolute atomic E-state index is 12.9. The number of aromatic nitrogens is 2. The van der Waals surface area contributed by atoms with Gasteiger partial charge >= 0.3 is 6.18 Å². The lowest BCUT2D eigenvalue weighted by Gasteiger charge is -2.12. The predicted molar refractivity (Wildman–Crippen MR) is 126 cm³/mol. The smallest absolute Gasteiger partial charge is 0.326 e. The van der Waals surface area contributed by atoms with E-state index in [1.165, 1.54) is 18.5 Å². The summed E-state index contributed by atoms with van der Waals surface area (Å²) in [5.41, 5.74) is 2.19. The van der Waals surface area contributed by atoms with Gasteiger partial charge in [-0.05, 0) is 59.7 Å². The molecule has 2 N–H and O–H groups in total. The van der Waals surface area contributed by atoms with Crippen molar-refractivity contribution in [3.63, 3.8) is 0 Å². The Morgan fingerprint density at radius 2 is 1.46 bits per heavy atom. The van der Waals surface area contributed by atoms with Crippen molar-refractivity contribution in [2.24, 2.45) is 0 Å². The Morgan fingerprint density at radius 1 is 0.800 bits per heavy atom. The van der Waals surface area contributed by atoms with Gasteiger partial charge in [0.05, 0.1) is 17.7 Å². The highest BCUT2D eigenvalue weighted by Gasteiger charge is 2.30. The molecule has 0 radical (unpaired) electrons.